The quantitative estimate of drug-likeness (QED) is 0.590. The maximum absolute atomic E-state index is 9.04. The Morgan fingerprint density at radius 3 is 2.52 bits per heavy atom. The summed E-state index contributed by atoms with van der Waals surface area (Å²) < 4.78 is 6.23. The number of nitrogens with zero attached hydrogens (tertiary/aromatic N) is 3. The van der Waals surface area contributed by atoms with Crippen LogP contribution in [0.4, 0.5) is 0 Å². The van der Waals surface area contributed by atoms with E-state index in [1.165, 1.54) is 5.56 Å². The van der Waals surface area contributed by atoms with Crippen molar-refractivity contribution in [2.75, 3.05) is 19.7 Å². The van der Waals surface area contributed by atoms with Gasteiger partial charge in [-0.1, -0.05) is 37.6 Å². The maximum Gasteiger partial charge on any atom is 0.101 e. The van der Waals surface area contributed by atoms with Crippen molar-refractivity contribution < 1.29 is 4.74 Å². The van der Waals surface area contributed by atoms with E-state index in [9.17, 15) is 0 Å². The Bertz CT molecular complexity index is 962. The normalized spacial score (nSPS) is 25.7. The topological polar surface area (TPSA) is 49.1 Å². The number of likely N-dealkylation sites (tertiary alicyclic amines) is 1. The highest BCUT2D eigenvalue weighted by Gasteiger charge is 2.57. The van der Waals surface area contributed by atoms with E-state index in [1.54, 1.807) is 6.20 Å². The van der Waals surface area contributed by atoms with Crippen LogP contribution >= 0.6 is 11.6 Å². The van der Waals surface area contributed by atoms with Crippen LogP contribution in [0.3, 0.4) is 0 Å². The lowest BCUT2D eigenvalue weighted by molar-refractivity contribution is -0.224. The van der Waals surface area contributed by atoms with Crippen LogP contribution in [0.1, 0.15) is 57.4 Å². The molecule has 1 aromatic carbocycles. The van der Waals surface area contributed by atoms with Crippen LogP contribution in [0.2, 0.25) is 5.02 Å². The smallest absolute Gasteiger partial charge is 0.101 e. The Morgan fingerprint density at radius 2 is 1.97 bits per heavy atom. The van der Waals surface area contributed by atoms with Gasteiger partial charge in [-0.15, -0.1) is 0 Å². The summed E-state index contributed by atoms with van der Waals surface area (Å²) in [6, 6.07) is 14.3. The molecule has 0 radical (unpaired) electrons. The van der Waals surface area contributed by atoms with E-state index >= 15 is 0 Å². The summed E-state index contributed by atoms with van der Waals surface area (Å²) in [5.41, 5.74) is 3.16. The minimum absolute atomic E-state index is 0.0765. The number of ether oxygens (including phenoxy) is 1. The molecule has 0 saturated carbocycles. The number of aryl methyl sites for hydroxylation is 1. The highest BCUT2D eigenvalue weighted by atomic mass is 35.5. The summed E-state index contributed by atoms with van der Waals surface area (Å²) >= 11 is 6.13. The number of aromatic nitrogens is 1. The molecule has 5 heteroatoms. The van der Waals surface area contributed by atoms with E-state index in [4.69, 9.17) is 21.6 Å². The molecular formula is C26H32ClN3O. The first-order valence-corrected chi connectivity index (χ1v) is 11.5. The molecule has 2 saturated heterocycles. The van der Waals surface area contributed by atoms with Crippen molar-refractivity contribution in [2.24, 2.45) is 10.8 Å². The van der Waals surface area contributed by atoms with E-state index in [-0.39, 0.29) is 22.5 Å². The van der Waals surface area contributed by atoms with Gasteiger partial charge in [0.1, 0.15) is 6.07 Å². The van der Waals surface area contributed by atoms with Gasteiger partial charge in [-0.2, -0.15) is 5.26 Å². The summed E-state index contributed by atoms with van der Waals surface area (Å²) in [4.78, 5) is 7.13. The largest absolute Gasteiger partial charge is 0.376 e. The summed E-state index contributed by atoms with van der Waals surface area (Å²) in [6.07, 6.45) is 4.99. The third-order valence-electron chi connectivity index (χ3n) is 7.45. The van der Waals surface area contributed by atoms with Gasteiger partial charge in [-0.05, 0) is 69.5 Å². The number of nitriles is 1. The molecule has 1 aromatic heterocycles. The van der Waals surface area contributed by atoms with Gasteiger partial charge in [0, 0.05) is 39.8 Å². The molecule has 31 heavy (non-hydrogen) atoms. The Labute approximate surface area is 191 Å². The fourth-order valence-electron chi connectivity index (χ4n) is 5.48. The van der Waals surface area contributed by atoms with Crippen LogP contribution in [0.15, 0.2) is 42.6 Å². The van der Waals surface area contributed by atoms with Crippen molar-refractivity contribution in [2.45, 2.75) is 58.6 Å². The average molecular weight is 438 g/mol. The zero-order valence-electron chi connectivity index (χ0n) is 19.0. The molecule has 2 fully saturated rings. The molecule has 2 aliphatic heterocycles. The molecule has 4 rings (SSSR count). The first-order valence-electron chi connectivity index (χ1n) is 11.1. The number of rotatable bonds is 6. The molecule has 2 aliphatic rings. The summed E-state index contributed by atoms with van der Waals surface area (Å²) in [7, 11) is 0. The second-order valence-electron chi connectivity index (χ2n) is 10.4. The molecule has 0 spiro atoms. The standard InChI is InChI=1S/C26H32ClN3O/c1-24(2)18-31-23(24)26(12-11-22-10-5-19(15-28)16-29-22)13-14-30(17-26)25(3,4)20-6-8-21(27)9-7-20/h5-10,16,23H,11-14,17-18H2,1-4H3/t23?,26-/m1/s1. The summed E-state index contributed by atoms with van der Waals surface area (Å²) in [5.74, 6) is 0. The molecular weight excluding hydrogens is 406 g/mol. The second kappa shape index (κ2) is 8.20. The van der Waals surface area contributed by atoms with Crippen molar-refractivity contribution in [3.8, 4) is 6.07 Å². The minimum atomic E-state index is -0.0765. The number of benzene rings is 1. The fraction of sp³-hybridized carbons (Fsp3) is 0.538. The van der Waals surface area contributed by atoms with Gasteiger partial charge in [0.05, 0.1) is 18.3 Å². The monoisotopic (exact) mass is 437 g/mol. The molecule has 164 valence electrons. The third kappa shape index (κ3) is 4.24. The van der Waals surface area contributed by atoms with E-state index < -0.39 is 0 Å². The highest BCUT2D eigenvalue weighted by molar-refractivity contribution is 6.30. The van der Waals surface area contributed by atoms with Crippen LogP contribution in [-0.4, -0.2) is 35.7 Å². The van der Waals surface area contributed by atoms with E-state index in [1.807, 2.05) is 24.3 Å². The van der Waals surface area contributed by atoms with Gasteiger partial charge in [0.2, 0.25) is 0 Å². The van der Waals surface area contributed by atoms with Gasteiger partial charge < -0.3 is 4.74 Å². The van der Waals surface area contributed by atoms with Gasteiger partial charge >= 0.3 is 0 Å². The van der Waals surface area contributed by atoms with Crippen molar-refractivity contribution >= 4 is 11.6 Å². The number of pyridine rings is 1. The first kappa shape index (κ1) is 22.3. The van der Waals surface area contributed by atoms with Gasteiger partial charge in [0.25, 0.3) is 0 Å². The molecule has 1 unspecified atom stereocenters. The van der Waals surface area contributed by atoms with E-state index in [0.29, 0.717) is 5.56 Å². The van der Waals surface area contributed by atoms with Crippen molar-refractivity contribution in [1.29, 1.82) is 5.26 Å². The molecule has 2 atom stereocenters. The second-order valence-corrected chi connectivity index (χ2v) is 10.9. The zero-order valence-corrected chi connectivity index (χ0v) is 19.7. The Kier molecular flexibility index (Phi) is 5.89. The summed E-state index contributed by atoms with van der Waals surface area (Å²) in [6.45, 7) is 12.2. The van der Waals surface area contributed by atoms with Crippen LogP contribution in [0.5, 0.6) is 0 Å². The lowest BCUT2D eigenvalue weighted by Gasteiger charge is -2.54. The zero-order chi connectivity index (χ0) is 22.3. The molecule has 0 amide bonds. The van der Waals surface area contributed by atoms with Crippen LogP contribution in [0.25, 0.3) is 0 Å². The van der Waals surface area contributed by atoms with E-state index in [2.05, 4.69) is 55.8 Å². The van der Waals surface area contributed by atoms with Crippen LogP contribution in [0, 0.1) is 22.2 Å². The molecule has 0 N–H and O–H groups in total. The molecule has 4 nitrogen and oxygen atoms in total. The van der Waals surface area contributed by atoms with Gasteiger partial charge in [0.15, 0.2) is 0 Å². The minimum Gasteiger partial charge on any atom is -0.376 e. The Morgan fingerprint density at radius 1 is 1.23 bits per heavy atom. The molecule has 2 aromatic rings. The van der Waals surface area contributed by atoms with Crippen LogP contribution < -0.4 is 0 Å². The number of hydrogen-bond acceptors (Lipinski definition) is 4. The summed E-state index contributed by atoms with van der Waals surface area (Å²) in [5, 5.41) is 9.81. The molecule has 3 heterocycles. The molecule has 0 bridgehead atoms. The van der Waals surface area contributed by atoms with E-state index in [0.717, 1.165) is 49.7 Å². The van der Waals surface area contributed by atoms with Crippen LogP contribution in [-0.2, 0) is 16.7 Å². The Hall–Kier alpha value is -1.93. The maximum atomic E-state index is 9.04. The van der Waals surface area contributed by atoms with Gasteiger partial charge in [-0.3, -0.25) is 9.88 Å². The predicted octanol–water partition coefficient (Wildman–Crippen LogP) is 5.59. The fourth-order valence-corrected chi connectivity index (χ4v) is 5.61. The van der Waals surface area contributed by atoms with Gasteiger partial charge in [-0.25, -0.2) is 0 Å². The number of hydrogen-bond donors (Lipinski definition) is 0. The molecule has 0 aliphatic carbocycles. The first-order chi connectivity index (χ1) is 14.7. The lowest BCUT2D eigenvalue weighted by atomic mass is 9.64. The SMILES string of the molecule is CC1(C)COC1[C@]1(CCc2ccc(C#N)cn2)CCN(C(C)(C)c2ccc(Cl)cc2)C1. The van der Waals surface area contributed by atoms with Crippen molar-refractivity contribution in [1.82, 2.24) is 9.88 Å². The van der Waals surface area contributed by atoms with Crippen molar-refractivity contribution in [3.63, 3.8) is 0 Å². The third-order valence-corrected chi connectivity index (χ3v) is 7.70. The van der Waals surface area contributed by atoms with Crippen molar-refractivity contribution in [3.05, 3.63) is 64.4 Å². The number of halogens is 1. The lowest BCUT2D eigenvalue weighted by Crippen LogP contribution is -2.59. The average Bonchev–Trinajstić information content (AvgIpc) is 3.18. The Balaban J connectivity index is 1.56. The predicted molar refractivity (Wildman–Crippen MR) is 124 cm³/mol. The highest BCUT2D eigenvalue weighted by Crippen LogP contribution is 2.53.